The third kappa shape index (κ3) is 3.55. The van der Waals surface area contributed by atoms with Gasteiger partial charge in [-0.3, -0.25) is 9.78 Å². The van der Waals surface area contributed by atoms with Crippen molar-refractivity contribution in [1.29, 1.82) is 0 Å². The van der Waals surface area contributed by atoms with Crippen LogP contribution in [0.5, 0.6) is 5.88 Å². The molecule has 2 aromatic rings. The number of carbonyl (C=O) groups is 1. The summed E-state index contributed by atoms with van der Waals surface area (Å²) in [4.78, 5) is 22.7. The summed E-state index contributed by atoms with van der Waals surface area (Å²) in [6.45, 7) is 3.96. The smallest absolute Gasteiger partial charge is 0.232 e. The van der Waals surface area contributed by atoms with E-state index in [1.807, 2.05) is 36.1 Å². The van der Waals surface area contributed by atoms with Crippen molar-refractivity contribution in [2.45, 2.75) is 37.9 Å². The number of aromatic nitrogens is 2. The van der Waals surface area contributed by atoms with Crippen molar-refractivity contribution < 1.29 is 14.3 Å². The maximum absolute atomic E-state index is 12.6. The molecule has 1 amide bonds. The molecule has 1 spiro atoms. The minimum Gasteiger partial charge on any atom is -0.473 e. The van der Waals surface area contributed by atoms with E-state index in [0.29, 0.717) is 32.0 Å². The molecule has 6 nitrogen and oxygen atoms in total. The molecule has 1 aromatic carbocycles. The summed E-state index contributed by atoms with van der Waals surface area (Å²) in [7, 11) is 0. The highest BCUT2D eigenvalue weighted by Crippen LogP contribution is 2.35. The first kappa shape index (κ1) is 17.0. The van der Waals surface area contributed by atoms with Crippen LogP contribution in [0.3, 0.4) is 0 Å². The maximum Gasteiger partial charge on any atom is 0.232 e. The number of nitrogens with zero attached hydrogens (tertiary/aromatic N) is 3. The molecule has 1 atom stereocenters. The van der Waals surface area contributed by atoms with Crippen LogP contribution in [0.15, 0.2) is 42.9 Å². The minimum absolute atomic E-state index is 0.0501. The molecule has 0 bridgehead atoms. The van der Waals surface area contributed by atoms with E-state index in [4.69, 9.17) is 9.47 Å². The van der Waals surface area contributed by atoms with Gasteiger partial charge in [-0.15, -0.1) is 0 Å². The average Bonchev–Trinajstić information content (AvgIpc) is 2.62. The summed E-state index contributed by atoms with van der Waals surface area (Å²) < 4.78 is 12.0. The molecule has 4 rings (SSSR count). The van der Waals surface area contributed by atoms with Crippen molar-refractivity contribution in [2.75, 3.05) is 19.7 Å². The van der Waals surface area contributed by atoms with Crippen molar-refractivity contribution in [3.63, 3.8) is 0 Å². The molecular weight excluding hydrogens is 330 g/mol. The van der Waals surface area contributed by atoms with Gasteiger partial charge in [0.05, 0.1) is 32.3 Å². The molecule has 0 radical (unpaired) electrons. The second kappa shape index (κ2) is 7.03. The van der Waals surface area contributed by atoms with Gasteiger partial charge in [-0.2, -0.15) is 0 Å². The first-order chi connectivity index (χ1) is 12.6. The maximum atomic E-state index is 12.6. The fourth-order valence-electron chi connectivity index (χ4n) is 3.73. The van der Waals surface area contributed by atoms with E-state index in [1.54, 1.807) is 18.6 Å². The van der Waals surface area contributed by atoms with Crippen LogP contribution in [0.2, 0.25) is 0 Å². The summed E-state index contributed by atoms with van der Waals surface area (Å²) in [5.41, 5.74) is 1.97. The van der Waals surface area contributed by atoms with Crippen LogP contribution in [-0.4, -0.2) is 52.2 Å². The Balaban J connectivity index is 1.32. The van der Waals surface area contributed by atoms with E-state index in [0.717, 1.165) is 24.0 Å². The number of amides is 1. The molecule has 1 aromatic heterocycles. The molecule has 0 aliphatic carbocycles. The van der Waals surface area contributed by atoms with Crippen molar-refractivity contribution in [3.05, 3.63) is 54.0 Å². The highest BCUT2D eigenvalue weighted by molar-refractivity contribution is 5.80. The Morgan fingerprint density at radius 1 is 1.35 bits per heavy atom. The van der Waals surface area contributed by atoms with E-state index in [-0.39, 0.29) is 17.6 Å². The summed E-state index contributed by atoms with van der Waals surface area (Å²) in [6, 6.07) is 8.03. The lowest BCUT2D eigenvalue weighted by atomic mass is 9.84. The highest BCUT2D eigenvalue weighted by Gasteiger charge is 2.49. The second-order valence-corrected chi connectivity index (χ2v) is 7.16. The van der Waals surface area contributed by atoms with Crippen LogP contribution in [0.1, 0.15) is 24.0 Å². The zero-order valence-corrected chi connectivity index (χ0v) is 14.9. The van der Waals surface area contributed by atoms with E-state index in [1.165, 1.54) is 0 Å². The summed E-state index contributed by atoms with van der Waals surface area (Å²) >= 11 is 0. The van der Waals surface area contributed by atoms with Crippen LogP contribution in [-0.2, 0) is 16.0 Å². The van der Waals surface area contributed by atoms with Gasteiger partial charge in [-0.1, -0.05) is 24.3 Å². The molecule has 2 aliphatic rings. The van der Waals surface area contributed by atoms with Crippen molar-refractivity contribution in [3.8, 4) is 5.88 Å². The lowest BCUT2D eigenvalue weighted by Gasteiger charge is -2.52. The minimum atomic E-state index is -0.271. The summed E-state index contributed by atoms with van der Waals surface area (Å²) in [5, 5.41) is 0. The number of likely N-dealkylation sites (tertiary alicyclic amines) is 1. The molecule has 0 unspecified atom stereocenters. The molecular formula is C20H23N3O3. The zero-order chi connectivity index (χ0) is 18.0. The number of aryl methyl sites for hydroxylation is 1. The van der Waals surface area contributed by atoms with Gasteiger partial charge in [-0.25, -0.2) is 4.98 Å². The van der Waals surface area contributed by atoms with Crippen LogP contribution < -0.4 is 4.74 Å². The Labute approximate surface area is 153 Å². The van der Waals surface area contributed by atoms with Crippen molar-refractivity contribution in [2.24, 2.45) is 0 Å². The predicted octanol–water partition coefficient (Wildman–Crippen LogP) is 2.17. The molecule has 0 N–H and O–H groups in total. The van der Waals surface area contributed by atoms with Gasteiger partial charge in [0, 0.05) is 25.2 Å². The Hall–Kier alpha value is -2.47. The van der Waals surface area contributed by atoms with Gasteiger partial charge < -0.3 is 14.4 Å². The first-order valence-corrected chi connectivity index (χ1v) is 9.02. The normalized spacial score (nSPS) is 21.3. The number of rotatable bonds is 4. The fourth-order valence-corrected chi connectivity index (χ4v) is 3.73. The van der Waals surface area contributed by atoms with Crippen molar-refractivity contribution in [1.82, 2.24) is 14.9 Å². The average molecular weight is 353 g/mol. The lowest BCUT2D eigenvalue weighted by molar-refractivity contribution is -0.193. The van der Waals surface area contributed by atoms with Gasteiger partial charge in [0.25, 0.3) is 0 Å². The standard InChI is InChI=1S/C20H23N3O3/c1-15-4-2-3-5-16(15)10-19(24)23-13-20(14-23)11-17(6-9-25-20)26-18-12-21-7-8-22-18/h2-5,7-8,12,17H,6,9-11,13-14H2,1H3/t17-/m1/s1. The summed E-state index contributed by atoms with van der Waals surface area (Å²) in [6.07, 6.45) is 6.98. The van der Waals surface area contributed by atoms with E-state index >= 15 is 0 Å². The lowest BCUT2D eigenvalue weighted by Crippen LogP contribution is -2.67. The largest absolute Gasteiger partial charge is 0.473 e. The van der Waals surface area contributed by atoms with Gasteiger partial charge in [0.1, 0.15) is 11.7 Å². The third-order valence-corrected chi connectivity index (χ3v) is 5.19. The number of hydrogen-bond donors (Lipinski definition) is 0. The highest BCUT2D eigenvalue weighted by atomic mass is 16.5. The number of carbonyl (C=O) groups excluding carboxylic acids is 1. The Morgan fingerprint density at radius 3 is 2.96 bits per heavy atom. The van der Waals surface area contributed by atoms with E-state index in [9.17, 15) is 4.79 Å². The number of benzene rings is 1. The number of hydrogen-bond acceptors (Lipinski definition) is 5. The Morgan fingerprint density at radius 2 is 2.19 bits per heavy atom. The third-order valence-electron chi connectivity index (χ3n) is 5.19. The Kier molecular flexibility index (Phi) is 4.59. The molecule has 2 fully saturated rings. The predicted molar refractivity (Wildman–Crippen MR) is 95.8 cm³/mol. The van der Waals surface area contributed by atoms with Crippen molar-refractivity contribution >= 4 is 5.91 Å². The molecule has 3 heterocycles. The number of ether oxygens (including phenoxy) is 2. The van der Waals surface area contributed by atoms with Crippen LogP contribution in [0.4, 0.5) is 0 Å². The van der Waals surface area contributed by atoms with Crippen LogP contribution in [0.25, 0.3) is 0 Å². The van der Waals surface area contributed by atoms with E-state index < -0.39 is 0 Å². The zero-order valence-electron chi connectivity index (χ0n) is 14.9. The molecule has 26 heavy (non-hydrogen) atoms. The monoisotopic (exact) mass is 353 g/mol. The fraction of sp³-hybridized carbons (Fsp3) is 0.450. The van der Waals surface area contributed by atoms with Gasteiger partial charge in [0.2, 0.25) is 11.8 Å². The Bertz CT molecular complexity index is 775. The molecule has 2 saturated heterocycles. The van der Waals surface area contributed by atoms with Gasteiger partial charge in [-0.05, 0) is 18.1 Å². The van der Waals surface area contributed by atoms with E-state index in [2.05, 4.69) is 9.97 Å². The molecule has 2 aliphatic heterocycles. The first-order valence-electron chi connectivity index (χ1n) is 9.02. The quantitative estimate of drug-likeness (QED) is 0.843. The topological polar surface area (TPSA) is 64.6 Å². The second-order valence-electron chi connectivity index (χ2n) is 7.16. The summed E-state index contributed by atoms with van der Waals surface area (Å²) in [5.74, 6) is 0.701. The molecule has 136 valence electrons. The van der Waals surface area contributed by atoms with Gasteiger partial charge in [0.15, 0.2) is 0 Å². The van der Waals surface area contributed by atoms with Crippen LogP contribution in [0, 0.1) is 6.92 Å². The van der Waals surface area contributed by atoms with Gasteiger partial charge >= 0.3 is 0 Å². The molecule has 6 heteroatoms. The SMILES string of the molecule is Cc1ccccc1CC(=O)N1CC2(C[C@H](Oc3cnccn3)CCO2)C1. The van der Waals surface area contributed by atoms with Crippen LogP contribution >= 0.6 is 0 Å². The molecule has 0 saturated carbocycles.